The molecule has 0 saturated carbocycles. The van der Waals surface area contributed by atoms with Crippen molar-refractivity contribution in [1.29, 1.82) is 0 Å². The first-order valence-electron chi connectivity index (χ1n) is 18.5. The van der Waals surface area contributed by atoms with Crippen LogP contribution in [0.5, 0.6) is 0 Å². The van der Waals surface area contributed by atoms with Gasteiger partial charge in [0.1, 0.15) is 5.52 Å². The van der Waals surface area contributed by atoms with Gasteiger partial charge in [0.15, 0.2) is 23.1 Å². The Labute approximate surface area is 326 Å². The van der Waals surface area contributed by atoms with Crippen molar-refractivity contribution in [2.24, 2.45) is 0 Å². The summed E-state index contributed by atoms with van der Waals surface area (Å²) in [5.41, 5.74) is 9.48. The van der Waals surface area contributed by atoms with Gasteiger partial charge in [0.25, 0.3) is 0 Å². The van der Waals surface area contributed by atoms with Crippen molar-refractivity contribution < 1.29 is 4.42 Å². The smallest absolute Gasteiger partial charge is 0.227 e. The fraction of sp³-hybridized carbons (Fsp3) is 0. The second-order valence-electron chi connectivity index (χ2n) is 13.8. The van der Waals surface area contributed by atoms with E-state index in [1.54, 1.807) is 0 Å². The maximum atomic E-state index is 6.56. The molecule has 0 bridgehead atoms. The lowest BCUT2D eigenvalue weighted by atomic mass is 9.93. The Morgan fingerprint density at radius 1 is 0.375 bits per heavy atom. The maximum Gasteiger partial charge on any atom is 0.227 e. The molecule has 11 aromatic rings. The Morgan fingerprint density at radius 2 is 1.00 bits per heavy atom. The molecule has 0 spiro atoms. The first-order valence-corrected chi connectivity index (χ1v) is 19.4. The monoisotopic (exact) mass is 734 g/mol. The van der Waals surface area contributed by atoms with E-state index in [2.05, 4.69) is 109 Å². The van der Waals surface area contributed by atoms with Crippen LogP contribution in [0.15, 0.2) is 186 Å². The number of nitrogens with zero attached hydrogens (tertiary/aromatic N) is 4. The largest absolute Gasteiger partial charge is 0.435 e. The number of hydrogen-bond donors (Lipinski definition) is 0. The van der Waals surface area contributed by atoms with E-state index < -0.39 is 0 Å². The summed E-state index contributed by atoms with van der Waals surface area (Å²) < 4.78 is 9.13. The fourth-order valence-electron chi connectivity index (χ4n) is 7.68. The summed E-state index contributed by atoms with van der Waals surface area (Å²) >= 11 is 1.83. The molecule has 3 heterocycles. The first-order chi connectivity index (χ1) is 27.7. The number of fused-ring (bicyclic) bond motifs is 6. The molecular formula is C50H30N4OS. The van der Waals surface area contributed by atoms with Gasteiger partial charge in [-0.3, -0.25) is 0 Å². The third-order valence-corrected chi connectivity index (χ3v) is 11.5. The molecule has 5 nitrogen and oxygen atoms in total. The zero-order valence-corrected chi connectivity index (χ0v) is 30.7. The molecule has 56 heavy (non-hydrogen) atoms. The highest BCUT2D eigenvalue weighted by Gasteiger charge is 2.20. The van der Waals surface area contributed by atoms with Crippen molar-refractivity contribution in [1.82, 2.24) is 19.9 Å². The predicted molar refractivity (Wildman–Crippen MR) is 230 cm³/mol. The molecule has 0 aliphatic rings. The van der Waals surface area contributed by atoms with Gasteiger partial charge in [-0.2, -0.15) is 0 Å². The summed E-state index contributed by atoms with van der Waals surface area (Å²) in [5, 5.41) is 4.64. The van der Waals surface area contributed by atoms with Gasteiger partial charge in [-0.25, -0.2) is 19.9 Å². The van der Waals surface area contributed by atoms with Crippen LogP contribution in [0.1, 0.15) is 0 Å². The number of aromatic nitrogens is 4. The van der Waals surface area contributed by atoms with E-state index in [1.165, 1.54) is 20.2 Å². The topological polar surface area (TPSA) is 64.7 Å². The predicted octanol–water partition coefficient (Wildman–Crippen LogP) is 13.5. The van der Waals surface area contributed by atoms with Gasteiger partial charge >= 0.3 is 0 Å². The highest BCUT2D eigenvalue weighted by Crippen LogP contribution is 2.41. The molecule has 3 aromatic heterocycles. The number of benzene rings is 8. The first kappa shape index (κ1) is 32.2. The van der Waals surface area contributed by atoms with E-state index in [1.807, 2.05) is 84.1 Å². The van der Waals surface area contributed by atoms with Gasteiger partial charge in [-0.15, -0.1) is 11.3 Å². The van der Waals surface area contributed by atoms with Crippen LogP contribution in [0, 0.1) is 0 Å². The molecule has 0 N–H and O–H groups in total. The van der Waals surface area contributed by atoms with Crippen LogP contribution in [0.4, 0.5) is 0 Å². The van der Waals surface area contributed by atoms with Crippen LogP contribution in [-0.4, -0.2) is 19.9 Å². The standard InChI is InChI=1S/C50H30N4OS/c1-3-13-32(14-4-1)47-52-48(36-19-11-18-34(29-36)35-25-27-39-38-21-9-10-24-43(38)56-44(39)30-35)54-49(53-47)41-22-8-7-20-37(41)40-23-12-17-31-26-28-42-46(45(31)40)55-50(51-42)33-15-5-2-6-16-33/h1-30H. The van der Waals surface area contributed by atoms with E-state index in [-0.39, 0.29) is 0 Å². The molecule has 6 heteroatoms. The molecule has 0 saturated heterocycles. The number of oxazole rings is 1. The lowest BCUT2D eigenvalue weighted by molar-refractivity contribution is 0.623. The zero-order valence-electron chi connectivity index (χ0n) is 29.9. The van der Waals surface area contributed by atoms with Gasteiger partial charge in [-0.05, 0) is 64.0 Å². The van der Waals surface area contributed by atoms with E-state index in [0.29, 0.717) is 23.4 Å². The van der Waals surface area contributed by atoms with Crippen LogP contribution in [-0.2, 0) is 0 Å². The minimum Gasteiger partial charge on any atom is -0.435 e. The number of thiophene rings is 1. The lowest BCUT2D eigenvalue weighted by Crippen LogP contribution is -2.01. The minimum atomic E-state index is 0.591. The van der Waals surface area contributed by atoms with E-state index in [9.17, 15) is 0 Å². The highest BCUT2D eigenvalue weighted by molar-refractivity contribution is 7.25. The van der Waals surface area contributed by atoms with Gasteiger partial charge in [0, 0.05) is 47.8 Å². The summed E-state index contributed by atoms with van der Waals surface area (Å²) in [7, 11) is 0. The van der Waals surface area contributed by atoms with E-state index in [0.717, 1.165) is 66.4 Å². The van der Waals surface area contributed by atoms with Crippen LogP contribution < -0.4 is 0 Å². The second kappa shape index (κ2) is 13.2. The van der Waals surface area contributed by atoms with Crippen molar-refractivity contribution in [2.75, 3.05) is 0 Å². The second-order valence-corrected chi connectivity index (χ2v) is 14.9. The van der Waals surface area contributed by atoms with Gasteiger partial charge in [0.05, 0.1) is 0 Å². The zero-order chi connectivity index (χ0) is 37.0. The number of rotatable bonds is 6. The minimum absolute atomic E-state index is 0.591. The molecule has 0 aliphatic heterocycles. The summed E-state index contributed by atoms with van der Waals surface area (Å²) in [6.45, 7) is 0. The molecule has 0 amide bonds. The third-order valence-electron chi connectivity index (χ3n) is 10.4. The van der Waals surface area contributed by atoms with Crippen LogP contribution in [0.3, 0.4) is 0 Å². The van der Waals surface area contributed by atoms with Crippen LogP contribution >= 0.6 is 11.3 Å². The average molecular weight is 735 g/mol. The van der Waals surface area contributed by atoms with Crippen molar-refractivity contribution in [3.63, 3.8) is 0 Å². The molecular weight excluding hydrogens is 705 g/mol. The Hall–Kier alpha value is -7.28. The Balaban J connectivity index is 1.07. The van der Waals surface area contributed by atoms with Crippen molar-refractivity contribution in [2.45, 2.75) is 0 Å². The quantitative estimate of drug-likeness (QED) is 0.170. The SMILES string of the molecule is c1ccc(-c2nc(-c3cccc(-c4ccc5c(c4)sc4ccccc45)c3)nc(-c3ccccc3-c3cccc4ccc5nc(-c6ccccc6)oc5c34)n2)cc1. The van der Waals surface area contributed by atoms with Crippen molar-refractivity contribution in [3.05, 3.63) is 182 Å². The normalized spacial score (nSPS) is 11.6. The molecule has 0 unspecified atom stereocenters. The molecule has 0 radical (unpaired) electrons. The van der Waals surface area contributed by atoms with E-state index >= 15 is 0 Å². The van der Waals surface area contributed by atoms with Gasteiger partial charge in [-0.1, -0.05) is 146 Å². The van der Waals surface area contributed by atoms with Crippen molar-refractivity contribution in [3.8, 4) is 67.9 Å². The average Bonchev–Trinajstić information content (AvgIpc) is 3.89. The van der Waals surface area contributed by atoms with Crippen molar-refractivity contribution >= 4 is 53.4 Å². The number of hydrogen-bond acceptors (Lipinski definition) is 6. The molecule has 8 aromatic carbocycles. The molecule has 11 rings (SSSR count). The molecule has 0 atom stereocenters. The Kier molecular flexibility index (Phi) is 7.60. The lowest BCUT2D eigenvalue weighted by Gasteiger charge is -2.14. The Morgan fingerprint density at radius 3 is 1.86 bits per heavy atom. The Bertz CT molecular complexity index is 3260. The third kappa shape index (κ3) is 5.54. The molecule has 262 valence electrons. The maximum absolute atomic E-state index is 6.56. The van der Waals surface area contributed by atoms with Gasteiger partial charge in [0.2, 0.25) is 5.89 Å². The van der Waals surface area contributed by atoms with Crippen LogP contribution in [0.2, 0.25) is 0 Å². The summed E-state index contributed by atoms with van der Waals surface area (Å²) in [5.74, 6) is 2.40. The highest BCUT2D eigenvalue weighted by atomic mass is 32.1. The summed E-state index contributed by atoms with van der Waals surface area (Å²) in [6.07, 6.45) is 0. The van der Waals surface area contributed by atoms with Gasteiger partial charge < -0.3 is 4.42 Å². The summed E-state index contributed by atoms with van der Waals surface area (Å²) in [4.78, 5) is 20.4. The molecule has 0 fully saturated rings. The summed E-state index contributed by atoms with van der Waals surface area (Å²) in [6, 6.07) is 62.8. The van der Waals surface area contributed by atoms with E-state index in [4.69, 9.17) is 24.4 Å². The molecule has 0 aliphatic carbocycles. The van der Waals surface area contributed by atoms with Crippen LogP contribution in [0.25, 0.3) is 110 Å². The fourth-order valence-corrected chi connectivity index (χ4v) is 8.83.